The first-order valence-corrected chi connectivity index (χ1v) is 8.56. The first-order chi connectivity index (χ1) is 9.03. The Bertz CT molecular complexity index is 540. The zero-order valence-electron chi connectivity index (χ0n) is 11.3. The Kier molecular flexibility index (Phi) is 4.47. The molecule has 1 aromatic rings. The van der Waals surface area contributed by atoms with Gasteiger partial charge >= 0.3 is 0 Å². The van der Waals surface area contributed by atoms with E-state index in [0.29, 0.717) is 0 Å². The lowest BCUT2D eigenvalue weighted by atomic mass is 9.88. The van der Waals surface area contributed by atoms with Crippen molar-refractivity contribution in [3.05, 3.63) is 29.3 Å². The topological polar surface area (TPSA) is 69.4 Å². The molecule has 19 heavy (non-hydrogen) atoms. The molecule has 0 saturated heterocycles. The maximum absolute atomic E-state index is 11.4. The molecule has 1 aromatic carbocycles. The molecule has 1 unspecified atom stereocenters. The number of benzene rings is 1. The number of sulfone groups is 1. The van der Waals surface area contributed by atoms with Crippen molar-refractivity contribution in [2.24, 2.45) is 5.73 Å². The van der Waals surface area contributed by atoms with Crippen LogP contribution in [0, 0.1) is 0 Å². The van der Waals surface area contributed by atoms with E-state index in [0.717, 1.165) is 36.1 Å². The van der Waals surface area contributed by atoms with Gasteiger partial charge in [0.2, 0.25) is 0 Å². The number of rotatable bonds is 5. The molecule has 0 amide bonds. The summed E-state index contributed by atoms with van der Waals surface area (Å²) in [6.07, 6.45) is 3.02. The van der Waals surface area contributed by atoms with Gasteiger partial charge in [0.1, 0.15) is 12.4 Å². The van der Waals surface area contributed by atoms with Crippen LogP contribution >= 0.6 is 0 Å². The number of nitrogens with two attached hydrogens (primary N) is 1. The van der Waals surface area contributed by atoms with Gasteiger partial charge in [0.25, 0.3) is 0 Å². The van der Waals surface area contributed by atoms with Crippen LogP contribution in [0.25, 0.3) is 0 Å². The van der Waals surface area contributed by atoms with Gasteiger partial charge in [-0.25, -0.2) is 8.42 Å². The molecular weight excluding hydrogens is 262 g/mol. The number of hydrogen-bond acceptors (Lipinski definition) is 4. The van der Waals surface area contributed by atoms with Crippen molar-refractivity contribution < 1.29 is 13.2 Å². The van der Waals surface area contributed by atoms with E-state index in [2.05, 4.69) is 0 Å². The molecule has 0 aliphatic heterocycles. The lowest BCUT2D eigenvalue weighted by Crippen LogP contribution is -2.19. The van der Waals surface area contributed by atoms with E-state index in [1.807, 2.05) is 18.2 Å². The fourth-order valence-electron chi connectivity index (χ4n) is 2.41. The molecule has 2 N–H and O–H groups in total. The molecule has 0 saturated carbocycles. The highest BCUT2D eigenvalue weighted by atomic mass is 32.2. The molecule has 0 aromatic heterocycles. The SMILES string of the molecule is CCS(=O)(=O)CCOc1cccc2c1CCCC2N. The van der Waals surface area contributed by atoms with Gasteiger partial charge in [0, 0.05) is 11.8 Å². The molecule has 2 rings (SSSR count). The average molecular weight is 283 g/mol. The van der Waals surface area contributed by atoms with Crippen molar-refractivity contribution in [3.8, 4) is 5.75 Å². The summed E-state index contributed by atoms with van der Waals surface area (Å²) in [4.78, 5) is 0. The minimum Gasteiger partial charge on any atom is -0.492 e. The third-order valence-corrected chi connectivity index (χ3v) is 5.27. The molecular formula is C14H21NO3S. The Morgan fingerprint density at radius 2 is 2.21 bits per heavy atom. The van der Waals surface area contributed by atoms with Crippen molar-refractivity contribution in [1.29, 1.82) is 0 Å². The number of hydrogen-bond donors (Lipinski definition) is 1. The van der Waals surface area contributed by atoms with Crippen LogP contribution in [0.4, 0.5) is 0 Å². The largest absolute Gasteiger partial charge is 0.492 e. The quantitative estimate of drug-likeness (QED) is 0.895. The smallest absolute Gasteiger partial charge is 0.153 e. The van der Waals surface area contributed by atoms with Gasteiger partial charge in [-0.15, -0.1) is 0 Å². The van der Waals surface area contributed by atoms with Crippen LogP contribution in [0.3, 0.4) is 0 Å². The Labute approximate surface area is 114 Å². The second kappa shape index (κ2) is 5.92. The molecule has 0 fully saturated rings. The van der Waals surface area contributed by atoms with E-state index in [4.69, 9.17) is 10.5 Å². The lowest BCUT2D eigenvalue weighted by molar-refractivity contribution is 0.334. The lowest BCUT2D eigenvalue weighted by Gasteiger charge is -2.24. The fraction of sp³-hybridized carbons (Fsp3) is 0.571. The molecule has 0 radical (unpaired) electrons. The van der Waals surface area contributed by atoms with E-state index in [-0.39, 0.29) is 24.2 Å². The normalized spacial score (nSPS) is 18.9. The van der Waals surface area contributed by atoms with Gasteiger partial charge in [-0.1, -0.05) is 19.1 Å². The summed E-state index contributed by atoms with van der Waals surface area (Å²) >= 11 is 0. The maximum Gasteiger partial charge on any atom is 0.153 e. The van der Waals surface area contributed by atoms with Crippen molar-refractivity contribution in [2.75, 3.05) is 18.1 Å². The van der Waals surface area contributed by atoms with Crippen LogP contribution < -0.4 is 10.5 Å². The highest BCUT2D eigenvalue weighted by molar-refractivity contribution is 7.91. The number of fused-ring (bicyclic) bond motifs is 1. The van der Waals surface area contributed by atoms with Crippen LogP contribution in [-0.2, 0) is 16.3 Å². The molecule has 4 nitrogen and oxygen atoms in total. The highest BCUT2D eigenvalue weighted by Crippen LogP contribution is 2.33. The summed E-state index contributed by atoms with van der Waals surface area (Å²) in [7, 11) is -2.97. The third-order valence-electron chi connectivity index (χ3n) is 3.60. The number of ether oxygens (including phenoxy) is 1. The van der Waals surface area contributed by atoms with Crippen molar-refractivity contribution in [2.45, 2.75) is 32.2 Å². The summed E-state index contributed by atoms with van der Waals surface area (Å²) in [5.74, 6) is 1.02. The highest BCUT2D eigenvalue weighted by Gasteiger charge is 2.20. The first-order valence-electron chi connectivity index (χ1n) is 6.74. The maximum atomic E-state index is 11.4. The molecule has 106 valence electrons. The van der Waals surface area contributed by atoms with E-state index < -0.39 is 9.84 Å². The minimum atomic E-state index is -2.97. The molecule has 0 bridgehead atoms. The Balaban J connectivity index is 2.07. The van der Waals surface area contributed by atoms with Crippen molar-refractivity contribution in [1.82, 2.24) is 0 Å². The van der Waals surface area contributed by atoms with Gasteiger partial charge in [-0.05, 0) is 36.5 Å². The predicted octanol–water partition coefficient (Wildman–Crippen LogP) is 1.84. The van der Waals surface area contributed by atoms with Crippen molar-refractivity contribution >= 4 is 9.84 Å². The Morgan fingerprint density at radius 3 is 2.95 bits per heavy atom. The van der Waals surface area contributed by atoms with Gasteiger partial charge in [0.05, 0.1) is 5.75 Å². The average Bonchev–Trinajstić information content (AvgIpc) is 2.40. The van der Waals surface area contributed by atoms with Crippen LogP contribution in [0.5, 0.6) is 5.75 Å². The first kappa shape index (κ1) is 14.3. The van der Waals surface area contributed by atoms with Crippen LogP contribution in [0.1, 0.15) is 36.9 Å². The summed E-state index contributed by atoms with van der Waals surface area (Å²) < 4.78 is 28.5. The van der Waals surface area contributed by atoms with Crippen molar-refractivity contribution in [3.63, 3.8) is 0 Å². The Hall–Kier alpha value is -1.07. The van der Waals surface area contributed by atoms with Crippen LogP contribution in [-0.4, -0.2) is 26.5 Å². The zero-order valence-corrected chi connectivity index (χ0v) is 12.1. The molecule has 5 heteroatoms. The monoisotopic (exact) mass is 283 g/mol. The van der Waals surface area contributed by atoms with Gasteiger partial charge < -0.3 is 10.5 Å². The van der Waals surface area contributed by atoms with E-state index in [9.17, 15) is 8.42 Å². The second-order valence-corrected chi connectivity index (χ2v) is 7.38. The van der Waals surface area contributed by atoms with Gasteiger partial charge in [-0.2, -0.15) is 0 Å². The molecule has 1 aliphatic carbocycles. The summed E-state index contributed by atoms with van der Waals surface area (Å²) in [6.45, 7) is 1.86. The Morgan fingerprint density at radius 1 is 1.42 bits per heavy atom. The summed E-state index contributed by atoms with van der Waals surface area (Å²) in [6, 6.07) is 5.93. The molecule has 0 spiro atoms. The van der Waals surface area contributed by atoms with Gasteiger partial charge in [0.15, 0.2) is 9.84 Å². The van der Waals surface area contributed by atoms with E-state index in [1.54, 1.807) is 6.92 Å². The molecule has 1 atom stereocenters. The van der Waals surface area contributed by atoms with E-state index >= 15 is 0 Å². The zero-order chi connectivity index (χ0) is 13.9. The van der Waals surface area contributed by atoms with Crippen LogP contribution in [0.2, 0.25) is 0 Å². The van der Waals surface area contributed by atoms with Gasteiger partial charge in [-0.3, -0.25) is 0 Å². The summed E-state index contributed by atoms with van der Waals surface area (Å²) in [5.41, 5.74) is 8.37. The molecule has 0 heterocycles. The third kappa shape index (κ3) is 3.48. The van der Waals surface area contributed by atoms with E-state index in [1.165, 1.54) is 0 Å². The van der Waals surface area contributed by atoms with Crippen LogP contribution in [0.15, 0.2) is 18.2 Å². The predicted molar refractivity (Wildman–Crippen MR) is 76.1 cm³/mol. The fourth-order valence-corrected chi connectivity index (χ4v) is 3.04. The summed E-state index contributed by atoms with van der Waals surface area (Å²) in [5, 5.41) is 0. The molecule has 1 aliphatic rings. The minimum absolute atomic E-state index is 0.0687. The second-order valence-electron chi connectivity index (χ2n) is 4.91. The standard InChI is InChI=1S/C14H21NO3S/c1-2-19(16,17)10-9-18-14-8-4-5-11-12(14)6-3-7-13(11)15/h4-5,8,13H,2-3,6-7,9-10,15H2,1H3.